The first kappa shape index (κ1) is 24.9. The van der Waals surface area contributed by atoms with Crippen molar-refractivity contribution in [1.82, 2.24) is 15.0 Å². The Morgan fingerprint density at radius 1 is 0.650 bits per heavy atom. The van der Waals surface area contributed by atoms with Gasteiger partial charge in [0.2, 0.25) is 0 Å². The van der Waals surface area contributed by atoms with Crippen LogP contribution in [0.5, 0.6) is 0 Å². The number of benzene rings is 4. The van der Waals surface area contributed by atoms with Gasteiger partial charge in [0, 0.05) is 29.1 Å². The van der Waals surface area contributed by atoms with Gasteiger partial charge in [0.15, 0.2) is 5.82 Å². The zero-order valence-electron chi connectivity index (χ0n) is 22.0. The minimum atomic E-state index is 0.687. The van der Waals surface area contributed by atoms with Gasteiger partial charge < -0.3 is 0 Å². The minimum absolute atomic E-state index is 0.687. The van der Waals surface area contributed by atoms with Crippen molar-refractivity contribution in [3.05, 3.63) is 164 Å². The lowest BCUT2D eigenvalue weighted by Gasteiger charge is -2.09. The molecule has 0 saturated heterocycles. The summed E-state index contributed by atoms with van der Waals surface area (Å²) in [6.07, 6.45) is 11.7. The fourth-order valence-electron chi connectivity index (χ4n) is 4.80. The van der Waals surface area contributed by atoms with Gasteiger partial charge in [-0.25, -0.2) is 9.97 Å². The van der Waals surface area contributed by atoms with Crippen LogP contribution in [-0.2, 0) is 0 Å². The molecule has 0 unspecified atom stereocenters. The molecule has 4 aromatic carbocycles. The van der Waals surface area contributed by atoms with Crippen molar-refractivity contribution in [3.63, 3.8) is 0 Å². The summed E-state index contributed by atoms with van der Waals surface area (Å²) in [5.41, 5.74) is 8.05. The summed E-state index contributed by atoms with van der Waals surface area (Å²) < 4.78 is 0. The molecule has 3 nitrogen and oxygen atoms in total. The number of allylic oxidation sites excluding steroid dienone is 4. The third-order valence-corrected chi connectivity index (χ3v) is 6.79. The monoisotopic (exact) mass is 513 g/mol. The Kier molecular flexibility index (Phi) is 7.19. The fraction of sp³-hybridized carbons (Fsp3) is 0. The summed E-state index contributed by atoms with van der Waals surface area (Å²) in [5, 5.41) is 2.41. The number of hydrogen-bond acceptors (Lipinski definition) is 3. The number of rotatable bonds is 7. The van der Waals surface area contributed by atoms with Crippen LogP contribution in [0.15, 0.2) is 152 Å². The van der Waals surface area contributed by atoms with E-state index >= 15 is 0 Å². The van der Waals surface area contributed by atoms with Gasteiger partial charge in [0.1, 0.15) is 0 Å². The lowest BCUT2D eigenvalue weighted by Crippen LogP contribution is -1.95. The highest BCUT2D eigenvalue weighted by Gasteiger charge is 2.09. The Morgan fingerprint density at radius 3 is 2.25 bits per heavy atom. The van der Waals surface area contributed by atoms with E-state index in [1.54, 1.807) is 6.20 Å². The van der Waals surface area contributed by atoms with E-state index in [1.807, 2.05) is 66.9 Å². The maximum atomic E-state index is 4.96. The second-order valence-electron chi connectivity index (χ2n) is 9.40. The van der Waals surface area contributed by atoms with Crippen LogP contribution >= 0.6 is 0 Å². The van der Waals surface area contributed by atoms with E-state index in [1.165, 1.54) is 10.8 Å². The Hall–Kier alpha value is -5.41. The quantitative estimate of drug-likeness (QED) is 0.200. The number of nitrogens with zero attached hydrogens (tertiary/aromatic N) is 3. The van der Waals surface area contributed by atoms with Gasteiger partial charge in [-0.05, 0) is 51.7 Å². The lowest BCUT2D eigenvalue weighted by molar-refractivity contribution is 1.16. The summed E-state index contributed by atoms with van der Waals surface area (Å²) in [4.78, 5) is 14.1. The van der Waals surface area contributed by atoms with E-state index in [-0.39, 0.29) is 0 Å². The predicted octanol–water partition coefficient (Wildman–Crippen LogP) is 9.31. The molecule has 2 aromatic heterocycles. The van der Waals surface area contributed by atoms with Gasteiger partial charge in [-0.3, -0.25) is 4.98 Å². The van der Waals surface area contributed by atoms with Crippen LogP contribution in [0.3, 0.4) is 0 Å². The van der Waals surface area contributed by atoms with Crippen LogP contribution in [0.4, 0.5) is 0 Å². The van der Waals surface area contributed by atoms with Gasteiger partial charge in [-0.1, -0.05) is 122 Å². The highest BCUT2D eigenvalue weighted by atomic mass is 14.9. The zero-order valence-corrected chi connectivity index (χ0v) is 22.0. The third-order valence-electron chi connectivity index (χ3n) is 6.79. The van der Waals surface area contributed by atoms with Crippen molar-refractivity contribution in [3.8, 4) is 33.8 Å². The van der Waals surface area contributed by atoms with Crippen LogP contribution in [0.1, 0.15) is 11.3 Å². The van der Waals surface area contributed by atoms with Crippen molar-refractivity contribution in [2.75, 3.05) is 0 Å². The van der Waals surface area contributed by atoms with E-state index in [0.29, 0.717) is 5.82 Å². The molecule has 0 aliphatic carbocycles. The van der Waals surface area contributed by atoms with Crippen LogP contribution in [-0.4, -0.2) is 15.0 Å². The molecule has 0 spiro atoms. The molecule has 0 amide bonds. The summed E-state index contributed by atoms with van der Waals surface area (Å²) in [6.45, 7) is 4.08. The predicted molar refractivity (Wildman–Crippen MR) is 167 cm³/mol. The molecular weight excluding hydrogens is 486 g/mol. The first-order valence-corrected chi connectivity index (χ1v) is 13.2. The zero-order chi connectivity index (χ0) is 27.1. The standard InChI is InChI=1S/C37H27N3/c1-2-27(34-22-10-16-28-12-6-7-21-35(28)34)15-9-20-33-25-36(40-37(39-33)29-13-4-3-5-14-29)31-18-8-17-30(24-31)32-19-11-23-38-26-32/h2-26H,1H2/b20-9+,27-15+. The number of aromatic nitrogens is 3. The second kappa shape index (κ2) is 11.5. The molecular formula is C37H27N3. The minimum Gasteiger partial charge on any atom is -0.264 e. The summed E-state index contributed by atoms with van der Waals surface area (Å²) in [6, 6.07) is 39.3. The van der Waals surface area contributed by atoms with Gasteiger partial charge >= 0.3 is 0 Å². The van der Waals surface area contributed by atoms with Crippen molar-refractivity contribution in [2.45, 2.75) is 0 Å². The molecule has 0 atom stereocenters. The Bertz CT molecular complexity index is 1850. The van der Waals surface area contributed by atoms with Gasteiger partial charge in [-0.15, -0.1) is 0 Å². The lowest BCUT2D eigenvalue weighted by atomic mass is 9.98. The fourth-order valence-corrected chi connectivity index (χ4v) is 4.80. The van der Waals surface area contributed by atoms with Gasteiger partial charge in [0.05, 0.1) is 11.4 Å². The molecule has 0 fully saturated rings. The van der Waals surface area contributed by atoms with Crippen molar-refractivity contribution in [1.29, 1.82) is 0 Å². The molecule has 0 saturated carbocycles. The normalized spacial score (nSPS) is 11.7. The maximum Gasteiger partial charge on any atom is 0.160 e. The van der Waals surface area contributed by atoms with Crippen LogP contribution < -0.4 is 0 Å². The Balaban J connectivity index is 1.40. The van der Waals surface area contributed by atoms with E-state index in [2.05, 4.69) is 90.4 Å². The van der Waals surface area contributed by atoms with E-state index in [0.717, 1.165) is 44.8 Å². The van der Waals surface area contributed by atoms with Crippen molar-refractivity contribution < 1.29 is 0 Å². The molecule has 0 N–H and O–H groups in total. The molecule has 0 aliphatic rings. The molecule has 6 rings (SSSR count). The molecule has 0 aliphatic heterocycles. The highest BCUT2D eigenvalue weighted by Crippen LogP contribution is 2.28. The van der Waals surface area contributed by atoms with Crippen LogP contribution in [0.2, 0.25) is 0 Å². The Labute approximate surface area is 234 Å². The molecule has 2 heterocycles. The molecule has 6 aromatic rings. The average molecular weight is 514 g/mol. The average Bonchev–Trinajstić information content (AvgIpc) is 3.04. The maximum absolute atomic E-state index is 4.96. The van der Waals surface area contributed by atoms with E-state index in [9.17, 15) is 0 Å². The van der Waals surface area contributed by atoms with Crippen LogP contribution in [0.25, 0.3) is 56.2 Å². The Morgan fingerprint density at radius 2 is 1.40 bits per heavy atom. The number of fused-ring (bicyclic) bond motifs is 1. The molecule has 0 bridgehead atoms. The largest absolute Gasteiger partial charge is 0.264 e. The van der Waals surface area contributed by atoms with Crippen LogP contribution in [0, 0.1) is 0 Å². The first-order chi connectivity index (χ1) is 19.8. The SMILES string of the molecule is C=C/C(=C\C=C\c1cc(-c2cccc(-c3cccnc3)c2)nc(-c2ccccc2)n1)c1cccc2ccccc12. The van der Waals surface area contributed by atoms with E-state index < -0.39 is 0 Å². The molecule has 190 valence electrons. The summed E-state index contributed by atoms with van der Waals surface area (Å²) in [5.74, 6) is 0.687. The van der Waals surface area contributed by atoms with Gasteiger partial charge in [0.25, 0.3) is 0 Å². The molecule has 0 radical (unpaired) electrons. The smallest absolute Gasteiger partial charge is 0.160 e. The van der Waals surface area contributed by atoms with Gasteiger partial charge in [-0.2, -0.15) is 0 Å². The molecule has 3 heteroatoms. The first-order valence-electron chi connectivity index (χ1n) is 13.2. The third kappa shape index (κ3) is 5.40. The van der Waals surface area contributed by atoms with Crippen molar-refractivity contribution in [2.24, 2.45) is 0 Å². The highest BCUT2D eigenvalue weighted by molar-refractivity contribution is 5.96. The molecule has 40 heavy (non-hydrogen) atoms. The second-order valence-corrected chi connectivity index (χ2v) is 9.40. The summed E-state index contributed by atoms with van der Waals surface area (Å²) >= 11 is 0. The summed E-state index contributed by atoms with van der Waals surface area (Å²) in [7, 11) is 0. The number of hydrogen-bond donors (Lipinski definition) is 0. The van der Waals surface area contributed by atoms with Crippen molar-refractivity contribution >= 4 is 22.4 Å². The topological polar surface area (TPSA) is 38.7 Å². The number of pyridine rings is 1. The van der Waals surface area contributed by atoms with E-state index in [4.69, 9.17) is 9.97 Å².